The highest BCUT2D eigenvalue weighted by Gasteiger charge is 2.17. The number of ether oxygens (including phenoxy) is 1. The molecule has 2 aromatic rings. The van der Waals surface area contributed by atoms with Crippen LogP contribution in [0.15, 0.2) is 23.6 Å². The smallest absolute Gasteiger partial charge is 0.367 e. The molecule has 1 N–H and O–H groups in total. The average Bonchev–Trinajstić information content (AvgIpc) is 2.93. The average molecular weight is 329 g/mol. The lowest BCUT2D eigenvalue weighted by molar-refractivity contribution is 0.0526. The van der Waals surface area contributed by atoms with Crippen LogP contribution in [0.5, 0.6) is 0 Å². The molecule has 1 heterocycles. The highest BCUT2D eigenvalue weighted by molar-refractivity contribution is 7.11. The summed E-state index contributed by atoms with van der Waals surface area (Å²) in [6.07, 6.45) is 0. The van der Waals surface area contributed by atoms with E-state index in [4.69, 9.17) is 16.3 Å². The first kappa shape index (κ1) is 15.4. The van der Waals surface area contributed by atoms with E-state index in [1.165, 1.54) is 17.5 Å². The molecule has 5 nitrogen and oxygen atoms in total. The van der Waals surface area contributed by atoms with Crippen LogP contribution in [0.3, 0.4) is 0 Å². The Labute approximate surface area is 128 Å². The van der Waals surface area contributed by atoms with Gasteiger partial charge in [-0.1, -0.05) is 11.6 Å². The maximum atomic E-state index is 13.5. The Balaban J connectivity index is 2.14. The highest BCUT2D eigenvalue weighted by atomic mass is 35.5. The van der Waals surface area contributed by atoms with E-state index in [0.29, 0.717) is 0 Å². The molecular formula is C13H10ClFN2O3S. The summed E-state index contributed by atoms with van der Waals surface area (Å²) >= 11 is 6.71. The van der Waals surface area contributed by atoms with Gasteiger partial charge >= 0.3 is 5.97 Å². The fourth-order valence-corrected chi connectivity index (χ4v) is 2.31. The SMILES string of the molecule is CCOC(=O)c1nc(C(=O)Nc2cc(Cl)ccc2F)cs1. The molecular weight excluding hydrogens is 319 g/mol. The number of hydrogen-bond acceptors (Lipinski definition) is 5. The zero-order valence-corrected chi connectivity index (χ0v) is 12.4. The zero-order valence-electron chi connectivity index (χ0n) is 10.9. The quantitative estimate of drug-likeness (QED) is 0.874. The Bertz CT molecular complexity index is 690. The van der Waals surface area contributed by atoms with E-state index in [0.717, 1.165) is 17.4 Å². The summed E-state index contributed by atoms with van der Waals surface area (Å²) in [7, 11) is 0. The molecule has 0 bridgehead atoms. The highest BCUT2D eigenvalue weighted by Crippen LogP contribution is 2.20. The van der Waals surface area contributed by atoms with Crippen molar-refractivity contribution in [1.29, 1.82) is 0 Å². The first-order chi connectivity index (χ1) is 10.0. The number of amides is 1. The summed E-state index contributed by atoms with van der Waals surface area (Å²) < 4.78 is 18.3. The molecule has 0 spiro atoms. The maximum Gasteiger partial charge on any atom is 0.367 e. The lowest BCUT2D eigenvalue weighted by Crippen LogP contribution is -2.14. The molecule has 0 saturated heterocycles. The second-order valence-electron chi connectivity index (χ2n) is 3.84. The van der Waals surface area contributed by atoms with Gasteiger partial charge in [-0.25, -0.2) is 14.2 Å². The van der Waals surface area contributed by atoms with Crippen molar-refractivity contribution in [1.82, 2.24) is 4.98 Å². The first-order valence-corrected chi connectivity index (χ1v) is 7.16. The minimum Gasteiger partial charge on any atom is -0.461 e. The number of anilines is 1. The van der Waals surface area contributed by atoms with Crippen LogP contribution in [-0.2, 0) is 4.74 Å². The van der Waals surface area contributed by atoms with Crippen LogP contribution >= 0.6 is 22.9 Å². The van der Waals surface area contributed by atoms with Gasteiger partial charge in [-0.05, 0) is 25.1 Å². The topological polar surface area (TPSA) is 68.3 Å². The largest absolute Gasteiger partial charge is 0.461 e. The molecule has 0 aliphatic carbocycles. The standard InChI is InChI=1S/C13H10ClFN2O3S/c1-2-20-13(19)12-17-10(6-21-12)11(18)16-9-5-7(14)3-4-8(9)15/h3-6H,2H2,1H3,(H,16,18). The summed E-state index contributed by atoms with van der Waals surface area (Å²) in [6.45, 7) is 1.88. The number of esters is 1. The van der Waals surface area contributed by atoms with E-state index < -0.39 is 17.7 Å². The van der Waals surface area contributed by atoms with Gasteiger partial charge in [0.15, 0.2) is 0 Å². The lowest BCUT2D eigenvalue weighted by Gasteiger charge is -2.04. The summed E-state index contributed by atoms with van der Waals surface area (Å²) in [5.74, 6) is -1.85. The van der Waals surface area contributed by atoms with Crippen LogP contribution in [0.1, 0.15) is 27.2 Å². The number of aromatic nitrogens is 1. The molecule has 1 amide bonds. The Morgan fingerprint density at radius 1 is 1.48 bits per heavy atom. The van der Waals surface area contributed by atoms with E-state index in [-0.39, 0.29) is 28.0 Å². The molecule has 0 radical (unpaired) electrons. The fourth-order valence-electron chi connectivity index (χ4n) is 1.44. The number of carbonyl (C=O) groups excluding carboxylic acids is 2. The molecule has 8 heteroatoms. The molecule has 0 unspecified atom stereocenters. The Hall–Kier alpha value is -1.99. The Morgan fingerprint density at radius 3 is 2.95 bits per heavy atom. The number of nitrogens with one attached hydrogen (secondary N) is 1. The van der Waals surface area contributed by atoms with Crippen LogP contribution < -0.4 is 5.32 Å². The van der Waals surface area contributed by atoms with Gasteiger partial charge in [0, 0.05) is 10.4 Å². The van der Waals surface area contributed by atoms with E-state index >= 15 is 0 Å². The van der Waals surface area contributed by atoms with Crippen molar-refractivity contribution < 1.29 is 18.7 Å². The van der Waals surface area contributed by atoms with Gasteiger partial charge in [0.25, 0.3) is 5.91 Å². The van der Waals surface area contributed by atoms with E-state index in [2.05, 4.69) is 10.3 Å². The molecule has 2 rings (SSSR count). The molecule has 0 aliphatic heterocycles. The van der Waals surface area contributed by atoms with Gasteiger partial charge < -0.3 is 10.1 Å². The lowest BCUT2D eigenvalue weighted by atomic mass is 10.3. The number of hydrogen-bond donors (Lipinski definition) is 1. The summed E-state index contributed by atoms with van der Waals surface area (Å²) in [4.78, 5) is 27.3. The second kappa shape index (κ2) is 6.64. The van der Waals surface area contributed by atoms with Crippen molar-refractivity contribution in [3.63, 3.8) is 0 Å². The Morgan fingerprint density at radius 2 is 2.24 bits per heavy atom. The van der Waals surface area contributed by atoms with Crippen molar-refractivity contribution >= 4 is 40.5 Å². The summed E-state index contributed by atoms with van der Waals surface area (Å²) in [6, 6.07) is 3.80. The zero-order chi connectivity index (χ0) is 15.4. The summed E-state index contributed by atoms with van der Waals surface area (Å²) in [5.41, 5.74) is -0.0550. The minimum absolute atomic E-state index is 0.00225. The number of benzene rings is 1. The monoisotopic (exact) mass is 328 g/mol. The molecule has 0 aliphatic rings. The van der Waals surface area contributed by atoms with Crippen molar-refractivity contribution in [2.45, 2.75) is 6.92 Å². The molecule has 0 saturated carbocycles. The molecule has 1 aromatic heterocycles. The van der Waals surface area contributed by atoms with E-state index in [1.54, 1.807) is 6.92 Å². The van der Waals surface area contributed by atoms with Crippen LogP contribution in [-0.4, -0.2) is 23.5 Å². The van der Waals surface area contributed by atoms with Gasteiger partial charge in [0.1, 0.15) is 11.5 Å². The third kappa shape index (κ3) is 3.77. The molecule has 1 aromatic carbocycles. The summed E-state index contributed by atoms with van der Waals surface area (Å²) in [5, 5.41) is 4.09. The fraction of sp³-hybridized carbons (Fsp3) is 0.154. The van der Waals surface area contributed by atoms with Crippen LogP contribution in [0.25, 0.3) is 0 Å². The van der Waals surface area contributed by atoms with Gasteiger partial charge in [0.2, 0.25) is 5.01 Å². The third-order valence-electron chi connectivity index (χ3n) is 2.36. The minimum atomic E-state index is -0.636. The van der Waals surface area contributed by atoms with Gasteiger partial charge in [0.05, 0.1) is 12.3 Å². The molecule has 110 valence electrons. The van der Waals surface area contributed by atoms with Crippen molar-refractivity contribution in [3.05, 3.63) is 45.1 Å². The van der Waals surface area contributed by atoms with Crippen LogP contribution in [0.2, 0.25) is 5.02 Å². The maximum absolute atomic E-state index is 13.5. The predicted octanol–water partition coefficient (Wildman–Crippen LogP) is 3.36. The van der Waals surface area contributed by atoms with Crippen LogP contribution in [0.4, 0.5) is 10.1 Å². The first-order valence-electron chi connectivity index (χ1n) is 5.90. The van der Waals surface area contributed by atoms with Gasteiger partial charge in [-0.2, -0.15) is 0 Å². The van der Waals surface area contributed by atoms with Crippen molar-refractivity contribution in [2.24, 2.45) is 0 Å². The van der Waals surface area contributed by atoms with Gasteiger partial charge in [-0.3, -0.25) is 4.79 Å². The molecule has 0 atom stereocenters. The number of carbonyl (C=O) groups is 2. The van der Waals surface area contributed by atoms with Crippen LogP contribution in [0, 0.1) is 5.82 Å². The number of rotatable bonds is 4. The normalized spacial score (nSPS) is 10.2. The number of thiazole rings is 1. The van der Waals surface area contributed by atoms with Crippen molar-refractivity contribution in [3.8, 4) is 0 Å². The molecule has 21 heavy (non-hydrogen) atoms. The van der Waals surface area contributed by atoms with E-state index in [9.17, 15) is 14.0 Å². The number of halogens is 2. The predicted molar refractivity (Wildman–Crippen MR) is 77.4 cm³/mol. The van der Waals surface area contributed by atoms with Crippen molar-refractivity contribution in [2.75, 3.05) is 11.9 Å². The number of nitrogens with zero attached hydrogens (tertiary/aromatic N) is 1. The third-order valence-corrected chi connectivity index (χ3v) is 3.42. The van der Waals surface area contributed by atoms with Gasteiger partial charge in [-0.15, -0.1) is 11.3 Å². The van der Waals surface area contributed by atoms with E-state index in [1.807, 2.05) is 0 Å². The second-order valence-corrected chi connectivity index (χ2v) is 5.13. The Kier molecular flexibility index (Phi) is 4.87. The molecule has 0 fully saturated rings.